The van der Waals surface area contributed by atoms with Gasteiger partial charge < -0.3 is 0 Å². The lowest BCUT2D eigenvalue weighted by Crippen LogP contribution is -1.94. The molecule has 0 unspecified atom stereocenters. The number of aryl methyl sites for hydroxylation is 2. The third kappa shape index (κ3) is 2.90. The summed E-state index contributed by atoms with van der Waals surface area (Å²) >= 11 is 0. The average Bonchev–Trinajstić information content (AvgIpc) is 2.39. The number of nitrogens with zero attached hydrogens (tertiary/aromatic N) is 2. The van der Waals surface area contributed by atoms with Crippen LogP contribution in [0.2, 0.25) is 0 Å². The highest BCUT2D eigenvalue weighted by atomic mass is 14.8. The first-order chi connectivity index (χ1) is 8.31. The number of hydrogen-bond acceptors (Lipinski definition) is 2. The molecule has 2 rings (SSSR count). The lowest BCUT2D eigenvalue weighted by molar-refractivity contribution is 0.790. The van der Waals surface area contributed by atoms with Crippen LogP contribution in [0, 0.1) is 6.92 Å². The van der Waals surface area contributed by atoms with Crippen LogP contribution in [0.5, 0.6) is 0 Å². The molecular formula is C15H18N2. The van der Waals surface area contributed by atoms with Crippen molar-refractivity contribution in [1.82, 2.24) is 9.97 Å². The van der Waals surface area contributed by atoms with Gasteiger partial charge in [0.25, 0.3) is 0 Å². The molecular weight excluding hydrogens is 208 g/mol. The summed E-state index contributed by atoms with van der Waals surface area (Å²) in [6.07, 6.45) is 7.34. The Morgan fingerprint density at radius 3 is 2.71 bits per heavy atom. The fraction of sp³-hybridized carbons (Fsp3) is 0.333. The van der Waals surface area contributed by atoms with Crippen molar-refractivity contribution in [2.24, 2.45) is 0 Å². The molecule has 2 aromatic heterocycles. The van der Waals surface area contributed by atoms with Gasteiger partial charge in [-0.3, -0.25) is 9.97 Å². The highest BCUT2D eigenvalue weighted by molar-refractivity contribution is 5.55. The zero-order valence-electron chi connectivity index (χ0n) is 10.5. The Hall–Kier alpha value is -1.70. The second-order valence-electron chi connectivity index (χ2n) is 4.31. The SMILES string of the molecule is CCCCc1cc(-c2ccccn2)ncc1C. The molecule has 0 aliphatic carbocycles. The van der Waals surface area contributed by atoms with Gasteiger partial charge in [0.2, 0.25) is 0 Å². The van der Waals surface area contributed by atoms with Crippen LogP contribution < -0.4 is 0 Å². The summed E-state index contributed by atoms with van der Waals surface area (Å²) < 4.78 is 0. The molecule has 0 bridgehead atoms. The van der Waals surface area contributed by atoms with E-state index in [1.807, 2.05) is 30.6 Å². The molecule has 0 radical (unpaired) electrons. The molecule has 0 saturated carbocycles. The van der Waals surface area contributed by atoms with Gasteiger partial charge in [-0.05, 0) is 49.1 Å². The standard InChI is InChI=1S/C15H18N2/c1-3-4-7-13-10-15(17-11-12(13)2)14-8-5-6-9-16-14/h5-6,8-11H,3-4,7H2,1-2H3. The first-order valence-corrected chi connectivity index (χ1v) is 6.18. The van der Waals surface area contributed by atoms with Gasteiger partial charge >= 0.3 is 0 Å². The topological polar surface area (TPSA) is 25.8 Å². The van der Waals surface area contributed by atoms with Gasteiger partial charge in [-0.15, -0.1) is 0 Å². The van der Waals surface area contributed by atoms with E-state index in [9.17, 15) is 0 Å². The van der Waals surface area contributed by atoms with E-state index < -0.39 is 0 Å². The Morgan fingerprint density at radius 2 is 2.00 bits per heavy atom. The lowest BCUT2D eigenvalue weighted by Gasteiger charge is -2.07. The third-order valence-corrected chi connectivity index (χ3v) is 2.94. The molecule has 0 atom stereocenters. The van der Waals surface area contributed by atoms with Crippen LogP contribution in [0.15, 0.2) is 36.7 Å². The fourth-order valence-corrected chi connectivity index (χ4v) is 1.86. The largest absolute Gasteiger partial charge is 0.255 e. The molecule has 2 nitrogen and oxygen atoms in total. The van der Waals surface area contributed by atoms with Crippen molar-refractivity contribution < 1.29 is 0 Å². The summed E-state index contributed by atoms with van der Waals surface area (Å²) in [4.78, 5) is 8.79. The zero-order valence-corrected chi connectivity index (χ0v) is 10.5. The predicted octanol–water partition coefficient (Wildman–Crippen LogP) is 3.79. The molecule has 0 fully saturated rings. The molecule has 0 aliphatic rings. The van der Waals surface area contributed by atoms with Crippen LogP contribution in [-0.4, -0.2) is 9.97 Å². The van der Waals surface area contributed by atoms with E-state index in [2.05, 4.69) is 29.9 Å². The van der Waals surface area contributed by atoms with Gasteiger partial charge in [-0.25, -0.2) is 0 Å². The van der Waals surface area contributed by atoms with Gasteiger partial charge in [0.15, 0.2) is 0 Å². The minimum atomic E-state index is 0.949. The fourth-order valence-electron chi connectivity index (χ4n) is 1.86. The lowest BCUT2D eigenvalue weighted by atomic mass is 10.0. The Bertz CT molecular complexity index is 478. The second kappa shape index (κ2) is 5.58. The molecule has 0 spiro atoms. The average molecular weight is 226 g/mol. The van der Waals surface area contributed by atoms with E-state index >= 15 is 0 Å². The van der Waals surface area contributed by atoms with Gasteiger partial charge in [-0.2, -0.15) is 0 Å². The maximum Gasteiger partial charge on any atom is 0.0889 e. The zero-order chi connectivity index (χ0) is 12.1. The maximum absolute atomic E-state index is 4.45. The number of rotatable bonds is 4. The molecule has 0 amide bonds. The maximum atomic E-state index is 4.45. The van der Waals surface area contributed by atoms with Crippen molar-refractivity contribution in [3.8, 4) is 11.4 Å². The molecule has 17 heavy (non-hydrogen) atoms. The summed E-state index contributed by atoms with van der Waals surface area (Å²) in [6.45, 7) is 4.34. The molecule has 0 saturated heterocycles. The number of pyridine rings is 2. The minimum absolute atomic E-state index is 0.949. The molecule has 0 N–H and O–H groups in total. The quantitative estimate of drug-likeness (QED) is 0.792. The highest BCUT2D eigenvalue weighted by Gasteiger charge is 2.04. The van der Waals surface area contributed by atoms with Gasteiger partial charge in [0.05, 0.1) is 11.4 Å². The Labute approximate surface area is 103 Å². The highest BCUT2D eigenvalue weighted by Crippen LogP contribution is 2.18. The van der Waals surface area contributed by atoms with Crippen molar-refractivity contribution >= 4 is 0 Å². The summed E-state index contributed by atoms with van der Waals surface area (Å²) in [5, 5.41) is 0. The van der Waals surface area contributed by atoms with Crippen LogP contribution in [0.4, 0.5) is 0 Å². The summed E-state index contributed by atoms with van der Waals surface area (Å²) in [5.74, 6) is 0. The number of aromatic nitrogens is 2. The molecule has 88 valence electrons. The van der Waals surface area contributed by atoms with Crippen molar-refractivity contribution in [2.45, 2.75) is 33.1 Å². The van der Waals surface area contributed by atoms with Crippen molar-refractivity contribution in [2.75, 3.05) is 0 Å². The van der Waals surface area contributed by atoms with Crippen molar-refractivity contribution in [3.63, 3.8) is 0 Å². The second-order valence-corrected chi connectivity index (χ2v) is 4.31. The molecule has 0 aromatic carbocycles. The Balaban J connectivity index is 2.31. The number of unbranched alkanes of at least 4 members (excludes halogenated alkanes) is 1. The van der Waals surface area contributed by atoms with E-state index in [0.717, 1.165) is 17.8 Å². The van der Waals surface area contributed by atoms with E-state index in [0.29, 0.717) is 0 Å². The molecule has 2 heterocycles. The predicted molar refractivity (Wildman–Crippen MR) is 70.8 cm³/mol. The van der Waals surface area contributed by atoms with Crippen LogP contribution in [-0.2, 0) is 6.42 Å². The van der Waals surface area contributed by atoms with Crippen LogP contribution in [0.25, 0.3) is 11.4 Å². The van der Waals surface area contributed by atoms with Crippen LogP contribution in [0.3, 0.4) is 0 Å². The van der Waals surface area contributed by atoms with E-state index in [1.54, 1.807) is 0 Å². The van der Waals surface area contributed by atoms with E-state index in [1.165, 1.54) is 24.0 Å². The van der Waals surface area contributed by atoms with Crippen molar-refractivity contribution in [1.29, 1.82) is 0 Å². The Kier molecular flexibility index (Phi) is 3.86. The summed E-state index contributed by atoms with van der Waals surface area (Å²) in [7, 11) is 0. The summed E-state index contributed by atoms with van der Waals surface area (Å²) in [5.41, 5.74) is 4.59. The first kappa shape index (κ1) is 11.8. The smallest absolute Gasteiger partial charge is 0.0889 e. The first-order valence-electron chi connectivity index (χ1n) is 6.18. The number of hydrogen-bond donors (Lipinski definition) is 0. The van der Waals surface area contributed by atoms with Gasteiger partial charge in [0.1, 0.15) is 0 Å². The van der Waals surface area contributed by atoms with Crippen LogP contribution >= 0.6 is 0 Å². The molecule has 0 aliphatic heterocycles. The van der Waals surface area contributed by atoms with E-state index in [4.69, 9.17) is 0 Å². The monoisotopic (exact) mass is 226 g/mol. The minimum Gasteiger partial charge on any atom is -0.255 e. The van der Waals surface area contributed by atoms with Crippen molar-refractivity contribution in [3.05, 3.63) is 47.8 Å². The Morgan fingerprint density at radius 1 is 1.12 bits per heavy atom. The summed E-state index contributed by atoms with van der Waals surface area (Å²) in [6, 6.07) is 8.10. The van der Waals surface area contributed by atoms with Crippen LogP contribution in [0.1, 0.15) is 30.9 Å². The molecule has 2 aromatic rings. The third-order valence-electron chi connectivity index (χ3n) is 2.94. The van der Waals surface area contributed by atoms with Gasteiger partial charge in [-0.1, -0.05) is 19.4 Å². The van der Waals surface area contributed by atoms with E-state index in [-0.39, 0.29) is 0 Å². The van der Waals surface area contributed by atoms with Gasteiger partial charge in [0, 0.05) is 12.4 Å². The normalized spacial score (nSPS) is 10.5. The molecule has 2 heteroatoms.